The van der Waals surface area contributed by atoms with E-state index in [9.17, 15) is 18.0 Å². The fraction of sp³-hybridized carbons (Fsp3) is 0.467. The zero-order valence-electron chi connectivity index (χ0n) is 12.7. The molecule has 1 aromatic rings. The van der Waals surface area contributed by atoms with Crippen molar-refractivity contribution >= 4 is 33.6 Å². The fourth-order valence-corrected chi connectivity index (χ4v) is 4.69. The molecule has 1 atom stereocenters. The van der Waals surface area contributed by atoms with Crippen LogP contribution in [0.15, 0.2) is 23.1 Å². The van der Waals surface area contributed by atoms with E-state index in [4.69, 9.17) is 21.1 Å². The number of rotatable bonds is 4. The Balaban J connectivity index is 1.85. The largest absolute Gasteiger partial charge is 0.463 e. The number of cyclic esters (lactones) is 1. The Bertz CT molecular complexity index is 772. The van der Waals surface area contributed by atoms with Crippen molar-refractivity contribution in [1.29, 1.82) is 0 Å². The lowest BCUT2D eigenvalue weighted by atomic mass is 10.2. The highest BCUT2D eigenvalue weighted by molar-refractivity contribution is 7.89. The maximum Gasteiger partial charge on any atom is 0.347 e. The van der Waals surface area contributed by atoms with Crippen LogP contribution in [0.2, 0.25) is 5.02 Å². The molecule has 2 heterocycles. The third kappa shape index (κ3) is 3.26. The Morgan fingerprint density at radius 3 is 2.62 bits per heavy atom. The van der Waals surface area contributed by atoms with Gasteiger partial charge in [0.15, 0.2) is 0 Å². The first-order valence-electron chi connectivity index (χ1n) is 7.57. The second-order valence-corrected chi connectivity index (χ2v) is 7.92. The summed E-state index contributed by atoms with van der Waals surface area (Å²) >= 11 is 6.03. The third-order valence-corrected chi connectivity index (χ3v) is 6.37. The van der Waals surface area contributed by atoms with Gasteiger partial charge < -0.3 is 9.47 Å². The number of halogens is 1. The summed E-state index contributed by atoms with van der Waals surface area (Å²) in [5.41, 5.74) is 0.0249. The minimum atomic E-state index is -3.76. The van der Waals surface area contributed by atoms with Crippen LogP contribution in [0, 0.1) is 0 Å². The minimum absolute atomic E-state index is 0.0249. The smallest absolute Gasteiger partial charge is 0.347 e. The summed E-state index contributed by atoms with van der Waals surface area (Å²) in [6, 6.07) is 3.90. The van der Waals surface area contributed by atoms with Crippen molar-refractivity contribution in [3.05, 3.63) is 28.8 Å². The Morgan fingerprint density at radius 1 is 1.29 bits per heavy atom. The zero-order valence-corrected chi connectivity index (χ0v) is 14.3. The Kier molecular flexibility index (Phi) is 4.80. The molecule has 1 unspecified atom stereocenters. The minimum Gasteiger partial charge on any atom is -0.463 e. The van der Waals surface area contributed by atoms with E-state index >= 15 is 0 Å². The van der Waals surface area contributed by atoms with Gasteiger partial charge in [-0.25, -0.2) is 18.0 Å². The number of hydrogen-bond acceptors (Lipinski definition) is 6. The summed E-state index contributed by atoms with van der Waals surface area (Å²) in [4.78, 5) is 23.4. The molecule has 0 N–H and O–H groups in total. The first-order valence-corrected chi connectivity index (χ1v) is 9.39. The van der Waals surface area contributed by atoms with Gasteiger partial charge in [0.25, 0.3) is 0 Å². The van der Waals surface area contributed by atoms with E-state index < -0.39 is 28.1 Å². The number of carbonyl (C=O) groups is 2. The molecule has 7 nitrogen and oxygen atoms in total. The lowest BCUT2D eigenvalue weighted by Gasteiger charge is -2.17. The second-order valence-electron chi connectivity index (χ2n) is 5.61. The molecule has 0 spiro atoms. The van der Waals surface area contributed by atoms with Gasteiger partial charge in [-0.05, 0) is 31.0 Å². The molecule has 2 aliphatic heterocycles. The molecule has 0 radical (unpaired) electrons. The number of carbonyl (C=O) groups excluding carboxylic acids is 2. The van der Waals surface area contributed by atoms with Crippen molar-refractivity contribution in [3.8, 4) is 0 Å². The number of ether oxygens (including phenoxy) is 2. The lowest BCUT2D eigenvalue weighted by Crippen LogP contribution is -2.28. The molecule has 130 valence electrons. The van der Waals surface area contributed by atoms with E-state index in [1.54, 1.807) is 0 Å². The second kappa shape index (κ2) is 6.70. The molecule has 3 rings (SSSR count). The molecular weight excluding hydrogens is 358 g/mol. The van der Waals surface area contributed by atoms with Crippen LogP contribution in [-0.4, -0.2) is 50.5 Å². The topological polar surface area (TPSA) is 90.0 Å². The van der Waals surface area contributed by atoms with Gasteiger partial charge in [0, 0.05) is 19.5 Å². The van der Waals surface area contributed by atoms with Crippen molar-refractivity contribution in [2.75, 3.05) is 19.7 Å². The van der Waals surface area contributed by atoms with Gasteiger partial charge in [-0.2, -0.15) is 4.31 Å². The van der Waals surface area contributed by atoms with Gasteiger partial charge in [-0.3, -0.25) is 0 Å². The molecule has 2 fully saturated rings. The van der Waals surface area contributed by atoms with Gasteiger partial charge >= 0.3 is 11.9 Å². The molecule has 2 aliphatic rings. The van der Waals surface area contributed by atoms with Crippen LogP contribution in [-0.2, 0) is 24.3 Å². The average Bonchev–Trinajstić information content (AvgIpc) is 3.20. The molecule has 0 aliphatic carbocycles. The van der Waals surface area contributed by atoms with Crippen LogP contribution >= 0.6 is 11.6 Å². The summed E-state index contributed by atoms with van der Waals surface area (Å²) in [5.74, 6) is -1.38. The molecule has 0 aromatic heterocycles. The van der Waals surface area contributed by atoms with Crippen LogP contribution < -0.4 is 0 Å². The standard InChI is InChI=1S/C15H16ClNO6S/c16-11-4-3-10(14(18)23-12-5-8-22-15(12)19)9-13(11)24(20,21)17-6-1-2-7-17/h3-4,9,12H,1-2,5-8H2. The monoisotopic (exact) mass is 373 g/mol. The van der Waals surface area contributed by atoms with Crippen LogP contribution in [0.4, 0.5) is 0 Å². The summed E-state index contributed by atoms with van der Waals surface area (Å²) in [5, 5.41) is 0.0405. The van der Waals surface area contributed by atoms with Crippen molar-refractivity contribution < 1.29 is 27.5 Å². The van der Waals surface area contributed by atoms with Crippen LogP contribution in [0.25, 0.3) is 0 Å². The maximum atomic E-state index is 12.6. The maximum absolute atomic E-state index is 12.6. The highest BCUT2D eigenvalue weighted by Crippen LogP contribution is 2.28. The van der Waals surface area contributed by atoms with Gasteiger partial charge in [0.1, 0.15) is 4.90 Å². The third-order valence-electron chi connectivity index (χ3n) is 3.99. The zero-order chi connectivity index (χ0) is 17.3. The quantitative estimate of drug-likeness (QED) is 0.744. The summed E-state index contributed by atoms with van der Waals surface area (Å²) in [6.45, 7) is 1.06. The molecular formula is C15H16ClNO6S. The van der Waals surface area contributed by atoms with E-state index in [1.165, 1.54) is 22.5 Å². The van der Waals surface area contributed by atoms with E-state index in [2.05, 4.69) is 0 Å². The first-order chi connectivity index (χ1) is 11.4. The summed E-state index contributed by atoms with van der Waals surface area (Å²) in [7, 11) is -3.76. The van der Waals surface area contributed by atoms with E-state index in [-0.39, 0.29) is 28.5 Å². The van der Waals surface area contributed by atoms with Gasteiger partial charge in [-0.15, -0.1) is 0 Å². The summed E-state index contributed by atoms with van der Waals surface area (Å²) < 4.78 is 36.4. The highest BCUT2D eigenvalue weighted by Gasteiger charge is 2.32. The Labute approximate surface area is 144 Å². The van der Waals surface area contributed by atoms with Crippen LogP contribution in [0.3, 0.4) is 0 Å². The number of hydrogen-bond donors (Lipinski definition) is 0. The number of benzene rings is 1. The molecule has 0 amide bonds. The van der Waals surface area contributed by atoms with Crippen molar-refractivity contribution in [2.45, 2.75) is 30.3 Å². The number of nitrogens with zero attached hydrogens (tertiary/aromatic N) is 1. The van der Waals surface area contributed by atoms with Crippen LogP contribution in [0.5, 0.6) is 0 Å². The molecule has 2 saturated heterocycles. The van der Waals surface area contributed by atoms with Gasteiger partial charge in [0.05, 0.1) is 17.2 Å². The van der Waals surface area contributed by atoms with Gasteiger partial charge in [-0.1, -0.05) is 11.6 Å². The van der Waals surface area contributed by atoms with Gasteiger partial charge in [0.2, 0.25) is 16.1 Å². The lowest BCUT2D eigenvalue weighted by molar-refractivity contribution is -0.145. The molecule has 1 aromatic carbocycles. The molecule has 0 saturated carbocycles. The first kappa shape index (κ1) is 17.2. The Morgan fingerprint density at radius 2 is 2.00 bits per heavy atom. The van der Waals surface area contributed by atoms with E-state index in [0.717, 1.165) is 12.8 Å². The van der Waals surface area contributed by atoms with Crippen molar-refractivity contribution in [1.82, 2.24) is 4.31 Å². The summed E-state index contributed by atoms with van der Waals surface area (Å²) in [6.07, 6.45) is 0.925. The molecule has 9 heteroatoms. The fourth-order valence-electron chi connectivity index (χ4n) is 2.68. The molecule has 24 heavy (non-hydrogen) atoms. The average molecular weight is 374 g/mol. The normalized spacial score (nSPS) is 21.7. The van der Waals surface area contributed by atoms with Crippen molar-refractivity contribution in [2.24, 2.45) is 0 Å². The number of esters is 2. The van der Waals surface area contributed by atoms with Crippen LogP contribution in [0.1, 0.15) is 29.6 Å². The highest BCUT2D eigenvalue weighted by atomic mass is 35.5. The predicted octanol–water partition coefficient (Wildman–Crippen LogP) is 1.60. The molecule has 0 bridgehead atoms. The number of sulfonamides is 1. The Hall–Kier alpha value is -1.64. The van der Waals surface area contributed by atoms with E-state index in [1.807, 2.05) is 0 Å². The predicted molar refractivity (Wildman–Crippen MR) is 84.2 cm³/mol. The van der Waals surface area contributed by atoms with E-state index in [0.29, 0.717) is 13.1 Å². The van der Waals surface area contributed by atoms with Crippen molar-refractivity contribution in [3.63, 3.8) is 0 Å². The SMILES string of the molecule is O=C(OC1CCOC1=O)c1ccc(Cl)c(S(=O)(=O)N2CCCC2)c1.